The normalized spacial score (nSPS) is 12.3. The lowest BCUT2D eigenvalue weighted by Gasteiger charge is -2.31. The van der Waals surface area contributed by atoms with Crippen LogP contribution in [0.5, 0.6) is 5.75 Å². The van der Waals surface area contributed by atoms with Crippen molar-refractivity contribution in [2.24, 2.45) is 5.92 Å². The van der Waals surface area contributed by atoms with E-state index in [1.807, 2.05) is 0 Å². The predicted octanol–water partition coefficient (Wildman–Crippen LogP) is 2.81. The lowest BCUT2D eigenvalue weighted by Crippen LogP contribution is -2.44. The molecule has 8 heteroatoms. The molecule has 0 fully saturated rings. The van der Waals surface area contributed by atoms with E-state index >= 15 is 0 Å². The Labute approximate surface area is 150 Å². The second-order valence-corrected chi connectivity index (χ2v) is 6.32. The Morgan fingerprint density at radius 2 is 2.00 bits per heavy atom. The van der Waals surface area contributed by atoms with Gasteiger partial charge in [0.2, 0.25) is 0 Å². The summed E-state index contributed by atoms with van der Waals surface area (Å²) in [5.74, 6) is -1.33. The van der Waals surface area contributed by atoms with Gasteiger partial charge in [-0.1, -0.05) is 19.9 Å². The molecule has 0 aliphatic heterocycles. The van der Waals surface area contributed by atoms with Crippen molar-refractivity contribution in [2.75, 3.05) is 0 Å². The minimum Gasteiger partial charge on any atom is -0.508 e. The number of pyridine rings is 1. The first-order chi connectivity index (χ1) is 12.3. The molecule has 8 nitrogen and oxygen atoms in total. The first kappa shape index (κ1) is 19.3. The van der Waals surface area contributed by atoms with Crippen LogP contribution in [0.3, 0.4) is 0 Å². The maximum Gasteiger partial charge on any atom is 0.321 e. The van der Waals surface area contributed by atoms with Gasteiger partial charge in [0.15, 0.2) is 0 Å². The molecule has 0 bridgehead atoms. The molecule has 0 radical (unpaired) electrons. The van der Waals surface area contributed by atoms with Crippen LogP contribution in [-0.4, -0.2) is 37.0 Å². The zero-order valence-corrected chi connectivity index (χ0v) is 14.6. The third-order valence-corrected chi connectivity index (χ3v) is 4.02. The Kier molecular flexibility index (Phi) is 6.24. The van der Waals surface area contributed by atoms with Crippen LogP contribution in [0.2, 0.25) is 0 Å². The number of nitro benzene ring substituents is 1. The summed E-state index contributed by atoms with van der Waals surface area (Å²) >= 11 is 0. The molecule has 0 aliphatic rings. The molecule has 26 heavy (non-hydrogen) atoms. The maximum atomic E-state index is 11.8. The Bertz CT molecular complexity index is 780. The molecule has 1 atom stereocenters. The number of carbonyl (C=O) groups is 1. The van der Waals surface area contributed by atoms with Crippen LogP contribution in [0.25, 0.3) is 0 Å². The number of carboxylic acid groups (broad SMARTS) is 1. The molecule has 0 amide bonds. The molecule has 0 spiro atoms. The van der Waals surface area contributed by atoms with E-state index in [-0.39, 0.29) is 30.4 Å². The van der Waals surface area contributed by atoms with E-state index in [0.717, 1.165) is 0 Å². The number of carboxylic acids is 1. The zero-order valence-electron chi connectivity index (χ0n) is 14.6. The van der Waals surface area contributed by atoms with Crippen LogP contribution < -0.4 is 0 Å². The van der Waals surface area contributed by atoms with E-state index in [4.69, 9.17) is 0 Å². The highest BCUT2D eigenvalue weighted by Crippen LogP contribution is 2.27. The van der Waals surface area contributed by atoms with Crippen LogP contribution in [0.1, 0.15) is 25.1 Å². The number of hydrogen-bond acceptors (Lipinski definition) is 6. The zero-order chi connectivity index (χ0) is 19.3. The van der Waals surface area contributed by atoms with Crippen molar-refractivity contribution >= 4 is 11.7 Å². The van der Waals surface area contributed by atoms with Crippen LogP contribution in [-0.2, 0) is 17.9 Å². The van der Waals surface area contributed by atoms with Crippen molar-refractivity contribution in [1.82, 2.24) is 9.88 Å². The average molecular weight is 359 g/mol. The Balaban J connectivity index is 2.39. The average Bonchev–Trinajstić information content (AvgIpc) is 2.56. The van der Waals surface area contributed by atoms with Gasteiger partial charge in [0.25, 0.3) is 5.69 Å². The fourth-order valence-corrected chi connectivity index (χ4v) is 2.85. The fourth-order valence-electron chi connectivity index (χ4n) is 2.85. The number of nitrogens with zero attached hydrogens (tertiary/aromatic N) is 3. The number of rotatable bonds is 8. The molecule has 2 rings (SSSR count). The van der Waals surface area contributed by atoms with Gasteiger partial charge in [0.1, 0.15) is 11.8 Å². The SMILES string of the molecule is CC(C)[C@@H](C(=O)O)N(Cc1ccccn1)Cc1cc([N+](=O)[O-])ccc1O. The summed E-state index contributed by atoms with van der Waals surface area (Å²) in [4.78, 5) is 28.1. The summed E-state index contributed by atoms with van der Waals surface area (Å²) in [5.41, 5.74) is 0.804. The summed E-state index contributed by atoms with van der Waals surface area (Å²) in [6.45, 7) is 3.85. The van der Waals surface area contributed by atoms with Crippen LogP contribution in [0.15, 0.2) is 42.6 Å². The van der Waals surface area contributed by atoms with Crippen molar-refractivity contribution in [2.45, 2.75) is 33.0 Å². The molecule has 0 aliphatic carbocycles. The van der Waals surface area contributed by atoms with Gasteiger partial charge in [0, 0.05) is 37.0 Å². The summed E-state index contributed by atoms with van der Waals surface area (Å²) in [6.07, 6.45) is 1.61. The highest BCUT2D eigenvalue weighted by molar-refractivity contribution is 5.73. The van der Waals surface area contributed by atoms with E-state index in [1.54, 1.807) is 43.1 Å². The monoisotopic (exact) mass is 359 g/mol. The van der Waals surface area contributed by atoms with Crippen molar-refractivity contribution in [1.29, 1.82) is 0 Å². The van der Waals surface area contributed by atoms with Crippen molar-refractivity contribution in [3.8, 4) is 5.75 Å². The van der Waals surface area contributed by atoms with E-state index in [9.17, 15) is 25.1 Å². The molecule has 1 aromatic heterocycles. The smallest absolute Gasteiger partial charge is 0.321 e. The second-order valence-electron chi connectivity index (χ2n) is 6.32. The molecule has 2 N–H and O–H groups in total. The first-order valence-corrected chi connectivity index (χ1v) is 8.12. The molecule has 1 aromatic carbocycles. The van der Waals surface area contributed by atoms with Gasteiger partial charge >= 0.3 is 5.97 Å². The lowest BCUT2D eigenvalue weighted by molar-refractivity contribution is -0.385. The van der Waals surface area contributed by atoms with Crippen LogP contribution in [0, 0.1) is 16.0 Å². The minimum atomic E-state index is -0.999. The van der Waals surface area contributed by atoms with Gasteiger partial charge in [-0.05, 0) is 24.1 Å². The molecule has 0 saturated carbocycles. The first-order valence-electron chi connectivity index (χ1n) is 8.12. The standard InChI is InChI=1S/C18H21N3O5/c1-12(2)17(18(23)24)20(11-14-5-3-4-8-19-14)10-13-9-15(21(25)26)6-7-16(13)22/h3-9,12,17,22H,10-11H2,1-2H3,(H,23,24)/t17-/m0/s1. The van der Waals surface area contributed by atoms with Crippen LogP contribution in [0.4, 0.5) is 5.69 Å². The third-order valence-electron chi connectivity index (χ3n) is 4.02. The Morgan fingerprint density at radius 1 is 1.27 bits per heavy atom. The highest BCUT2D eigenvalue weighted by atomic mass is 16.6. The van der Waals surface area contributed by atoms with Gasteiger partial charge < -0.3 is 10.2 Å². The lowest BCUT2D eigenvalue weighted by atomic mass is 10.0. The third kappa shape index (κ3) is 4.76. The fraction of sp³-hybridized carbons (Fsp3) is 0.333. The van der Waals surface area contributed by atoms with E-state index in [2.05, 4.69) is 4.98 Å². The maximum absolute atomic E-state index is 11.8. The summed E-state index contributed by atoms with van der Waals surface area (Å²) < 4.78 is 0. The van der Waals surface area contributed by atoms with E-state index < -0.39 is 16.9 Å². The van der Waals surface area contributed by atoms with E-state index in [1.165, 1.54) is 18.2 Å². The molecule has 0 unspecified atom stereocenters. The van der Waals surface area contributed by atoms with E-state index in [0.29, 0.717) is 11.3 Å². The van der Waals surface area contributed by atoms with Gasteiger partial charge in [0.05, 0.1) is 10.6 Å². The van der Waals surface area contributed by atoms with Gasteiger partial charge in [-0.15, -0.1) is 0 Å². The number of benzene rings is 1. The highest BCUT2D eigenvalue weighted by Gasteiger charge is 2.30. The minimum absolute atomic E-state index is 0.0409. The molecular formula is C18H21N3O5. The second kappa shape index (κ2) is 8.39. The van der Waals surface area contributed by atoms with Crippen molar-refractivity contribution in [3.05, 3.63) is 64.0 Å². The number of aromatic nitrogens is 1. The van der Waals surface area contributed by atoms with Crippen LogP contribution >= 0.6 is 0 Å². The van der Waals surface area contributed by atoms with Gasteiger partial charge in [-0.25, -0.2) is 0 Å². The molecule has 138 valence electrons. The Morgan fingerprint density at radius 3 is 2.54 bits per heavy atom. The number of aromatic hydroxyl groups is 1. The van der Waals surface area contributed by atoms with Crippen molar-refractivity contribution in [3.63, 3.8) is 0 Å². The quantitative estimate of drug-likeness (QED) is 0.550. The number of non-ortho nitro benzene ring substituents is 1. The number of phenolic OH excluding ortho intramolecular Hbond substituents is 1. The largest absolute Gasteiger partial charge is 0.508 e. The summed E-state index contributed by atoms with van der Waals surface area (Å²) in [5, 5.41) is 30.7. The Hall–Kier alpha value is -3.00. The van der Waals surface area contributed by atoms with Crippen molar-refractivity contribution < 1.29 is 19.9 Å². The van der Waals surface area contributed by atoms with Gasteiger partial charge in [-0.3, -0.25) is 24.8 Å². The molecular weight excluding hydrogens is 338 g/mol. The predicted molar refractivity (Wildman–Crippen MR) is 94.5 cm³/mol. The number of phenols is 1. The molecule has 2 aromatic rings. The summed E-state index contributed by atoms with van der Waals surface area (Å²) in [7, 11) is 0. The summed E-state index contributed by atoms with van der Waals surface area (Å²) in [6, 6.07) is 8.22. The topological polar surface area (TPSA) is 117 Å². The number of nitro groups is 1. The molecule has 1 heterocycles. The number of hydrogen-bond donors (Lipinski definition) is 2. The molecule has 0 saturated heterocycles. The van der Waals surface area contributed by atoms with Gasteiger partial charge in [-0.2, -0.15) is 0 Å². The number of aliphatic carboxylic acids is 1.